The Labute approximate surface area is 157 Å². The number of quaternary nitrogens is 1. The molecule has 5 heteroatoms. The molecule has 1 N–H and O–H groups in total. The Morgan fingerprint density at radius 1 is 0.640 bits per heavy atom. The van der Waals surface area contributed by atoms with Gasteiger partial charge in [-0.3, -0.25) is 4.55 Å². The van der Waals surface area contributed by atoms with Gasteiger partial charge in [0.05, 0.1) is 32.9 Å². The molecule has 0 heterocycles. The molecule has 0 fully saturated rings. The molecule has 0 saturated heterocycles. The summed E-state index contributed by atoms with van der Waals surface area (Å²) < 4.78 is 31.1. The van der Waals surface area contributed by atoms with Crippen LogP contribution in [0.3, 0.4) is 0 Å². The summed E-state index contributed by atoms with van der Waals surface area (Å²) in [7, 11) is 0.639. The molecule has 0 radical (unpaired) electrons. The predicted molar refractivity (Wildman–Crippen MR) is 109 cm³/mol. The fourth-order valence-electron chi connectivity index (χ4n) is 3.32. The van der Waals surface area contributed by atoms with Crippen LogP contribution >= 0.6 is 0 Å². The molecule has 0 atom stereocenters. The van der Waals surface area contributed by atoms with E-state index in [4.69, 9.17) is 4.55 Å². The van der Waals surface area contributed by atoms with Gasteiger partial charge in [-0.2, -0.15) is 8.42 Å². The minimum absolute atomic E-state index is 0.106. The van der Waals surface area contributed by atoms with E-state index in [1.54, 1.807) is 0 Å². The maximum atomic E-state index is 10.7. The van der Waals surface area contributed by atoms with Crippen molar-refractivity contribution >= 4 is 10.1 Å². The lowest BCUT2D eigenvalue weighted by Crippen LogP contribution is -2.41. The van der Waals surface area contributed by atoms with E-state index in [1.807, 2.05) is 0 Å². The largest absolute Gasteiger partial charge is 0.328 e. The minimum Gasteiger partial charge on any atom is -0.328 e. The zero-order valence-electron chi connectivity index (χ0n) is 17.1. The highest BCUT2D eigenvalue weighted by atomic mass is 32.2. The van der Waals surface area contributed by atoms with Crippen molar-refractivity contribution in [3.05, 3.63) is 0 Å². The van der Waals surface area contributed by atoms with E-state index < -0.39 is 10.1 Å². The van der Waals surface area contributed by atoms with Crippen LogP contribution in [0.25, 0.3) is 0 Å². The Kier molecular flexibility index (Phi) is 14.9. The van der Waals surface area contributed by atoms with Crippen molar-refractivity contribution in [2.45, 2.75) is 96.8 Å². The number of nitrogens with zero attached hydrogens (tertiary/aromatic N) is 1. The fourth-order valence-corrected chi connectivity index (χ4v) is 3.89. The molecule has 4 nitrogen and oxygen atoms in total. The average molecular weight is 379 g/mol. The van der Waals surface area contributed by atoms with Crippen LogP contribution in [0.2, 0.25) is 0 Å². The van der Waals surface area contributed by atoms with Crippen molar-refractivity contribution in [1.82, 2.24) is 0 Å². The van der Waals surface area contributed by atoms with Crippen molar-refractivity contribution < 1.29 is 17.5 Å². The van der Waals surface area contributed by atoms with Gasteiger partial charge in [0.25, 0.3) is 10.1 Å². The molecule has 0 aliphatic heterocycles. The van der Waals surface area contributed by atoms with Crippen LogP contribution in [-0.4, -0.2) is 50.4 Å². The highest BCUT2D eigenvalue weighted by molar-refractivity contribution is 7.85. The zero-order valence-corrected chi connectivity index (χ0v) is 18.0. The van der Waals surface area contributed by atoms with Gasteiger partial charge in [0.2, 0.25) is 0 Å². The molecular formula is C20H44NO3S+. The molecule has 0 aromatic carbocycles. The number of hydrogen-bond donors (Lipinski definition) is 1. The van der Waals surface area contributed by atoms with Gasteiger partial charge in [0.1, 0.15) is 0 Å². The van der Waals surface area contributed by atoms with Crippen molar-refractivity contribution in [3.8, 4) is 0 Å². The molecule has 0 amide bonds. The van der Waals surface area contributed by atoms with E-state index in [2.05, 4.69) is 21.0 Å². The Hall–Kier alpha value is -0.130. The lowest BCUT2D eigenvalue weighted by atomic mass is 10.1. The molecule has 0 bridgehead atoms. The Bertz CT molecular complexity index is 394. The van der Waals surface area contributed by atoms with Crippen LogP contribution < -0.4 is 0 Å². The lowest BCUT2D eigenvalue weighted by Gasteiger charge is -2.29. The van der Waals surface area contributed by atoms with Crippen LogP contribution in [0, 0.1) is 0 Å². The normalized spacial score (nSPS) is 12.6. The second-order valence-electron chi connectivity index (χ2n) is 8.27. The Morgan fingerprint density at radius 3 is 1.40 bits per heavy atom. The Balaban J connectivity index is 3.39. The van der Waals surface area contributed by atoms with Gasteiger partial charge in [-0.15, -0.1) is 0 Å². The molecular weight excluding hydrogens is 334 g/mol. The topological polar surface area (TPSA) is 54.4 Å². The fraction of sp³-hybridized carbons (Fsp3) is 1.00. The summed E-state index contributed by atoms with van der Waals surface area (Å²) in [4.78, 5) is 0. The van der Waals surface area contributed by atoms with E-state index in [1.165, 1.54) is 77.0 Å². The van der Waals surface area contributed by atoms with Crippen LogP contribution in [0.4, 0.5) is 0 Å². The first-order valence-corrected chi connectivity index (χ1v) is 12.1. The van der Waals surface area contributed by atoms with Crippen molar-refractivity contribution in [3.63, 3.8) is 0 Å². The van der Waals surface area contributed by atoms with E-state index in [9.17, 15) is 8.42 Å². The number of unbranched alkanes of at least 4 members (excludes halogenated alkanes) is 12. The molecule has 0 aliphatic carbocycles. The second kappa shape index (κ2) is 15.0. The SMILES string of the molecule is CCCCCCCCCCCCCC[N+](C)(C)CCCCS(=O)(=O)O. The van der Waals surface area contributed by atoms with Gasteiger partial charge in [-0.25, -0.2) is 0 Å². The van der Waals surface area contributed by atoms with Crippen LogP contribution in [-0.2, 0) is 10.1 Å². The van der Waals surface area contributed by atoms with E-state index in [0.717, 1.165) is 24.0 Å². The Morgan fingerprint density at radius 2 is 1.00 bits per heavy atom. The molecule has 0 aromatic rings. The molecule has 25 heavy (non-hydrogen) atoms. The lowest BCUT2D eigenvalue weighted by molar-refractivity contribution is -0.890. The molecule has 0 spiro atoms. The van der Waals surface area contributed by atoms with Crippen LogP contribution in [0.1, 0.15) is 96.8 Å². The molecule has 0 aliphatic rings. The summed E-state index contributed by atoms with van der Waals surface area (Å²) in [5, 5.41) is 0. The zero-order chi connectivity index (χ0) is 19.0. The molecule has 152 valence electrons. The van der Waals surface area contributed by atoms with Gasteiger partial charge < -0.3 is 4.48 Å². The van der Waals surface area contributed by atoms with E-state index in [0.29, 0.717) is 6.42 Å². The van der Waals surface area contributed by atoms with Crippen molar-refractivity contribution in [1.29, 1.82) is 0 Å². The third-order valence-electron chi connectivity index (χ3n) is 5.03. The van der Waals surface area contributed by atoms with Gasteiger partial charge in [-0.05, 0) is 25.7 Å². The first-order valence-electron chi connectivity index (χ1n) is 10.5. The van der Waals surface area contributed by atoms with Crippen molar-refractivity contribution in [2.24, 2.45) is 0 Å². The van der Waals surface area contributed by atoms with Crippen LogP contribution in [0.5, 0.6) is 0 Å². The maximum Gasteiger partial charge on any atom is 0.264 e. The third-order valence-corrected chi connectivity index (χ3v) is 5.84. The first kappa shape index (κ1) is 24.9. The summed E-state index contributed by atoms with van der Waals surface area (Å²) in [5.41, 5.74) is 0. The highest BCUT2D eigenvalue weighted by Crippen LogP contribution is 2.13. The van der Waals surface area contributed by atoms with Gasteiger partial charge in [0, 0.05) is 0 Å². The smallest absolute Gasteiger partial charge is 0.264 e. The van der Waals surface area contributed by atoms with E-state index in [-0.39, 0.29) is 5.75 Å². The summed E-state index contributed by atoms with van der Waals surface area (Å²) in [6, 6.07) is 0. The molecule has 0 unspecified atom stereocenters. The molecule has 0 saturated carbocycles. The van der Waals surface area contributed by atoms with Gasteiger partial charge in [-0.1, -0.05) is 71.1 Å². The summed E-state index contributed by atoms with van der Waals surface area (Å²) >= 11 is 0. The minimum atomic E-state index is -3.79. The standard InChI is InChI=1S/C20H43NO3S/c1-4-5-6-7-8-9-10-11-12-13-14-15-18-21(2,3)19-16-17-20-25(22,23)24/h4-20H2,1-3H3/p+1. The maximum absolute atomic E-state index is 10.7. The van der Waals surface area contributed by atoms with Gasteiger partial charge >= 0.3 is 0 Å². The third kappa shape index (κ3) is 20.0. The summed E-state index contributed by atoms with van der Waals surface area (Å²) in [6.07, 6.45) is 17.9. The van der Waals surface area contributed by atoms with E-state index >= 15 is 0 Å². The van der Waals surface area contributed by atoms with Crippen LogP contribution in [0.15, 0.2) is 0 Å². The highest BCUT2D eigenvalue weighted by Gasteiger charge is 2.14. The molecule has 0 aromatic heterocycles. The molecule has 0 rings (SSSR count). The summed E-state index contributed by atoms with van der Waals surface area (Å²) in [5.74, 6) is -0.106. The van der Waals surface area contributed by atoms with Gasteiger partial charge in [0.15, 0.2) is 0 Å². The quantitative estimate of drug-likeness (QED) is 0.196. The second-order valence-corrected chi connectivity index (χ2v) is 9.84. The average Bonchev–Trinajstić information content (AvgIpc) is 2.52. The monoisotopic (exact) mass is 378 g/mol. The first-order chi connectivity index (χ1) is 11.8. The predicted octanol–water partition coefficient (Wildman–Crippen LogP) is 5.43. The number of hydrogen-bond acceptors (Lipinski definition) is 2. The summed E-state index contributed by atoms with van der Waals surface area (Å²) in [6.45, 7) is 4.40. The number of rotatable bonds is 18. The van der Waals surface area contributed by atoms with Crippen molar-refractivity contribution in [2.75, 3.05) is 32.9 Å².